The van der Waals surface area contributed by atoms with Crippen LogP contribution in [-0.4, -0.2) is 87.6 Å². The SMILES string of the molecule is N[C@@H]1CCCC[C@H]1N.O=C(CCC(C(=O)[O-])C(=O)[O-])N[C@@H]1O[C@H](CO)[C@@H](O)[C@H](O)[C@@H]1O.[Pt+2]. The van der Waals surface area contributed by atoms with Gasteiger partial charge in [0.1, 0.15) is 24.4 Å². The molecular formula is C18H31N3O10Pt. The van der Waals surface area contributed by atoms with Gasteiger partial charge in [0.05, 0.1) is 18.5 Å². The van der Waals surface area contributed by atoms with E-state index in [-0.39, 0.29) is 33.1 Å². The second-order valence-corrected chi connectivity index (χ2v) is 7.66. The monoisotopic (exact) mass is 644 g/mol. The molecule has 0 spiro atoms. The minimum absolute atomic E-state index is 0. The summed E-state index contributed by atoms with van der Waals surface area (Å²) in [6.45, 7) is -0.686. The van der Waals surface area contributed by atoms with Gasteiger partial charge in [-0.15, -0.1) is 0 Å². The van der Waals surface area contributed by atoms with Crippen LogP contribution in [0.2, 0.25) is 0 Å². The van der Waals surface area contributed by atoms with Crippen LogP contribution in [0, 0.1) is 5.92 Å². The Bertz CT molecular complexity index is 588. The molecule has 9 N–H and O–H groups in total. The summed E-state index contributed by atoms with van der Waals surface area (Å²) in [7, 11) is 0. The van der Waals surface area contributed by atoms with Crippen molar-refractivity contribution >= 4 is 17.8 Å². The van der Waals surface area contributed by atoms with Gasteiger partial charge in [-0.3, -0.25) is 4.79 Å². The predicted molar refractivity (Wildman–Crippen MR) is 99.1 cm³/mol. The molecule has 1 saturated heterocycles. The first-order valence-electron chi connectivity index (χ1n) is 10.0. The first kappa shape index (κ1) is 30.8. The van der Waals surface area contributed by atoms with Gasteiger partial charge in [0.15, 0.2) is 6.23 Å². The second kappa shape index (κ2) is 14.9. The molecule has 0 aromatic rings. The number of aliphatic hydroxyl groups excluding tert-OH is 4. The molecule has 2 rings (SSSR count). The molecule has 1 aliphatic heterocycles. The zero-order valence-corrected chi connectivity index (χ0v) is 19.6. The first-order chi connectivity index (χ1) is 14.5. The Kier molecular flexibility index (Phi) is 14.3. The van der Waals surface area contributed by atoms with Gasteiger partial charge in [-0.25, -0.2) is 0 Å². The third-order valence-electron chi connectivity index (χ3n) is 5.30. The Balaban J connectivity index is 0.000000896. The fraction of sp³-hybridized carbons (Fsp3) is 0.833. The van der Waals surface area contributed by atoms with E-state index >= 15 is 0 Å². The summed E-state index contributed by atoms with van der Waals surface area (Å²) in [6.07, 6.45) is -4.04. The van der Waals surface area contributed by atoms with E-state index in [0.29, 0.717) is 0 Å². The van der Waals surface area contributed by atoms with Gasteiger partial charge in [-0.05, 0) is 19.3 Å². The largest absolute Gasteiger partial charge is 2.00 e. The van der Waals surface area contributed by atoms with E-state index in [4.69, 9.17) is 21.3 Å². The number of aliphatic hydroxyl groups is 4. The minimum Gasteiger partial charge on any atom is -0.549 e. The van der Waals surface area contributed by atoms with Crippen molar-refractivity contribution in [2.45, 2.75) is 81.3 Å². The molecule has 14 heteroatoms. The van der Waals surface area contributed by atoms with Crippen molar-refractivity contribution in [3.8, 4) is 0 Å². The number of rotatable bonds is 7. The smallest absolute Gasteiger partial charge is 0.549 e. The van der Waals surface area contributed by atoms with Crippen molar-refractivity contribution in [2.75, 3.05) is 6.61 Å². The number of nitrogens with one attached hydrogen (secondary N) is 1. The van der Waals surface area contributed by atoms with Gasteiger partial charge in [0, 0.05) is 24.4 Å². The molecule has 188 valence electrons. The number of ether oxygens (including phenoxy) is 1. The van der Waals surface area contributed by atoms with Crippen LogP contribution in [0.25, 0.3) is 0 Å². The van der Waals surface area contributed by atoms with E-state index in [9.17, 15) is 39.9 Å². The maximum absolute atomic E-state index is 11.7. The summed E-state index contributed by atoms with van der Waals surface area (Å²) >= 11 is 0. The van der Waals surface area contributed by atoms with Gasteiger partial charge >= 0.3 is 21.1 Å². The van der Waals surface area contributed by atoms with E-state index in [1.54, 1.807) is 0 Å². The van der Waals surface area contributed by atoms with Crippen molar-refractivity contribution in [1.82, 2.24) is 5.32 Å². The van der Waals surface area contributed by atoms with Gasteiger partial charge in [0.25, 0.3) is 0 Å². The normalized spacial score (nSPS) is 32.2. The third-order valence-corrected chi connectivity index (χ3v) is 5.30. The van der Waals surface area contributed by atoms with Gasteiger partial charge in [-0.2, -0.15) is 0 Å². The molecule has 0 radical (unpaired) electrons. The Morgan fingerprint density at radius 2 is 1.47 bits per heavy atom. The number of hydrogen-bond acceptors (Lipinski definition) is 12. The van der Waals surface area contributed by atoms with Crippen molar-refractivity contribution in [3.05, 3.63) is 0 Å². The molecule has 0 unspecified atom stereocenters. The van der Waals surface area contributed by atoms with Gasteiger partial charge < -0.3 is 61.7 Å². The summed E-state index contributed by atoms with van der Waals surface area (Å²) in [5, 5.41) is 60.9. The molecule has 0 bridgehead atoms. The Labute approximate surface area is 199 Å². The van der Waals surface area contributed by atoms with Crippen molar-refractivity contribution in [2.24, 2.45) is 17.4 Å². The first-order valence-corrected chi connectivity index (χ1v) is 10.0. The van der Waals surface area contributed by atoms with Crippen LogP contribution in [0.1, 0.15) is 38.5 Å². The van der Waals surface area contributed by atoms with E-state index in [2.05, 4.69) is 5.32 Å². The summed E-state index contributed by atoms with van der Waals surface area (Å²) < 4.78 is 5.00. The molecule has 13 nitrogen and oxygen atoms in total. The molecule has 1 heterocycles. The van der Waals surface area contributed by atoms with E-state index in [1.165, 1.54) is 12.8 Å². The standard InChI is InChI=1S/C12H19NO10.C6H14N2.Pt/c14-3-5-7(16)8(17)9(18)10(23-5)13-6(15)2-1-4(11(19)20)12(21)22;7-5-3-1-2-4-6(5)8;/h4-5,7-10,14,16-18H,1-3H2,(H,13,15)(H,19,20)(H,21,22);5-6H,1-4,7-8H2;/q;;+2/p-2/t5-,7-,8+,9+,10-;5-,6-;/m11./s1. The number of carboxylic acid groups (broad SMARTS) is 2. The predicted octanol–water partition coefficient (Wildman–Crippen LogP) is -5.99. The molecule has 2 aliphatic rings. The van der Waals surface area contributed by atoms with Crippen LogP contribution in [-0.2, 0) is 40.2 Å². The molecule has 0 aromatic heterocycles. The third kappa shape index (κ3) is 9.36. The zero-order valence-electron chi connectivity index (χ0n) is 17.3. The van der Waals surface area contributed by atoms with Crippen molar-refractivity contribution in [3.63, 3.8) is 0 Å². The molecule has 1 aliphatic carbocycles. The summed E-state index contributed by atoms with van der Waals surface area (Å²) in [4.78, 5) is 32.7. The van der Waals surface area contributed by atoms with Gasteiger partial charge in [-0.1, -0.05) is 12.8 Å². The average Bonchev–Trinajstić information content (AvgIpc) is 2.70. The fourth-order valence-corrected chi connectivity index (χ4v) is 3.25. The number of aliphatic carboxylic acids is 2. The zero-order chi connectivity index (χ0) is 23.7. The maximum atomic E-state index is 11.7. The minimum atomic E-state index is -1.98. The molecule has 0 aromatic carbocycles. The van der Waals surface area contributed by atoms with Crippen LogP contribution in [0.4, 0.5) is 0 Å². The molecular weight excluding hydrogens is 613 g/mol. The topological polar surface area (TPSA) is 252 Å². The van der Waals surface area contributed by atoms with Crippen LogP contribution < -0.4 is 27.0 Å². The fourth-order valence-electron chi connectivity index (χ4n) is 3.25. The molecule has 32 heavy (non-hydrogen) atoms. The summed E-state index contributed by atoms with van der Waals surface area (Å²) in [5.74, 6) is -6.64. The number of carbonyl (C=O) groups is 3. The van der Waals surface area contributed by atoms with Crippen LogP contribution in [0.5, 0.6) is 0 Å². The van der Waals surface area contributed by atoms with Crippen LogP contribution >= 0.6 is 0 Å². The Morgan fingerprint density at radius 1 is 0.969 bits per heavy atom. The second-order valence-electron chi connectivity index (χ2n) is 7.66. The van der Waals surface area contributed by atoms with Gasteiger partial charge in [0.2, 0.25) is 5.91 Å². The molecule has 1 saturated carbocycles. The maximum Gasteiger partial charge on any atom is 2.00 e. The quantitative estimate of drug-likeness (QED) is 0.128. The number of nitrogens with two attached hydrogens (primary N) is 2. The molecule has 1 amide bonds. The van der Waals surface area contributed by atoms with Crippen molar-refractivity contribution in [1.29, 1.82) is 0 Å². The Hall–Kier alpha value is -1.18. The van der Waals surface area contributed by atoms with Crippen LogP contribution in [0.15, 0.2) is 0 Å². The van der Waals surface area contributed by atoms with Crippen molar-refractivity contribution < 1.29 is 70.8 Å². The average molecular weight is 645 g/mol. The molecule has 2 fully saturated rings. The van der Waals surface area contributed by atoms with E-state index < -0.39 is 73.9 Å². The number of carbonyl (C=O) groups excluding carboxylic acids is 3. The summed E-state index contributed by atoms with van der Waals surface area (Å²) in [5.41, 5.74) is 11.3. The van der Waals surface area contributed by atoms with E-state index in [0.717, 1.165) is 12.8 Å². The summed E-state index contributed by atoms with van der Waals surface area (Å²) in [6, 6.07) is 0.562. The van der Waals surface area contributed by atoms with Crippen LogP contribution in [0.3, 0.4) is 0 Å². The molecule has 7 atom stereocenters. The Morgan fingerprint density at radius 3 is 1.88 bits per heavy atom. The number of amides is 1. The van der Waals surface area contributed by atoms with E-state index in [1.807, 2.05) is 0 Å². The number of carboxylic acids is 2. The number of hydrogen-bond donors (Lipinski definition) is 7.